The summed E-state index contributed by atoms with van der Waals surface area (Å²) < 4.78 is 0. The number of nitrogens with one attached hydrogen (secondary N) is 3. The third-order valence-electron chi connectivity index (χ3n) is 4.80. The Kier molecular flexibility index (Phi) is 13.8. The second-order valence-corrected chi connectivity index (χ2v) is 7.37. The van der Waals surface area contributed by atoms with Crippen LogP contribution in [-0.4, -0.2) is 71.1 Å². The standard InChI is InChI=1S/C19H35N5O7/c1-3-11(2)16(24-17(28)12(21)7-8-15(26)27)18(29)22-10-14(25)23-13(19(30)31)6-4-5-9-20/h11-13,16H,3-10,20-21H2,1-2H3,(H,22,29)(H,23,25)(H,24,28)(H,26,27)(H,30,31). The zero-order valence-electron chi connectivity index (χ0n) is 18.1. The topological polar surface area (TPSA) is 214 Å². The summed E-state index contributed by atoms with van der Waals surface area (Å²) in [6.45, 7) is 3.49. The molecule has 0 fully saturated rings. The average Bonchev–Trinajstić information content (AvgIpc) is 2.72. The predicted molar refractivity (Wildman–Crippen MR) is 112 cm³/mol. The van der Waals surface area contributed by atoms with E-state index in [0.717, 1.165) is 0 Å². The summed E-state index contributed by atoms with van der Waals surface area (Å²) in [6, 6.07) is -3.17. The first-order valence-corrected chi connectivity index (χ1v) is 10.3. The van der Waals surface area contributed by atoms with Gasteiger partial charge >= 0.3 is 11.9 Å². The van der Waals surface area contributed by atoms with Crippen LogP contribution in [-0.2, 0) is 24.0 Å². The van der Waals surface area contributed by atoms with Gasteiger partial charge in [0, 0.05) is 6.42 Å². The highest BCUT2D eigenvalue weighted by Crippen LogP contribution is 2.09. The molecule has 0 aliphatic heterocycles. The fourth-order valence-corrected chi connectivity index (χ4v) is 2.65. The van der Waals surface area contributed by atoms with E-state index in [1.54, 1.807) is 6.92 Å². The van der Waals surface area contributed by atoms with Gasteiger partial charge < -0.3 is 37.6 Å². The SMILES string of the molecule is CCC(C)C(NC(=O)C(N)CCC(=O)O)C(=O)NCC(=O)NC(CCCCN)C(=O)O. The van der Waals surface area contributed by atoms with E-state index in [9.17, 15) is 29.1 Å². The van der Waals surface area contributed by atoms with E-state index in [1.807, 2.05) is 6.92 Å². The van der Waals surface area contributed by atoms with Crippen molar-refractivity contribution in [2.75, 3.05) is 13.1 Å². The molecule has 0 aromatic rings. The van der Waals surface area contributed by atoms with Crippen LogP contribution in [0.25, 0.3) is 0 Å². The van der Waals surface area contributed by atoms with Crippen molar-refractivity contribution in [2.45, 2.75) is 70.5 Å². The van der Waals surface area contributed by atoms with Crippen LogP contribution in [0.2, 0.25) is 0 Å². The zero-order chi connectivity index (χ0) is 24.0. The van der Waals surface area contributed by atoms with Crippen molar-refractivity contribution in [3.8, 4) is 0 Å². The van der Waals surface area contributed by atoms with Crippen molar-refractivity contribution in [2.24, 2.45) is 17.4 Å². The van der Waals surface area contributed by atoms with E-state index in [-0.39, 0.29) is 25.2 Å². The molecular weight excluding hydrogens is 410 g/mol. The Morgan fingerprint density at radius 2 is 1.61 bits per heavy atom. The van der Waals surface area contributed by atoms with Gasteiger partial charge in [0.05, 0.1) is 12.6 Å². The summed E-state index contributed by atoms with van der Waals surface area (Å²) >= 11 is 0. The van der Waals surface area contributed by atoms with Gasteiger partial charge in [0.1, 0.15) is 12.1 Å². The second kappa shape index (κ2) is 15.1. The maximum absolute atomic E-state index is 12.5. The van der Waals surface area contributed by atoms with Gasteiger partial charge in [-0.15, -0.1) is 0 Å². The molecule has 4 atom stereocenters. The molecule has 0 aromatic carbocycles. The van der Waals surface area contributed by atoms with Crippen LogP contribution in [0, 0.1) is 5.92 Å². The average molecular weight is 446 g/mol. The Hall–Kier alpha value is -2.73. The van der Waals surface area contributed by atoms with Crippen molar-refractivity contribution >= 4 is 29.7 Å². The number of rotatable bonds is 16. The molecule has 9 N–H and O–H groups in total. The van der Waals surface area contributed by atoms with E-state index in [4.69, 9.17) is 16.6 Å². The molecule has 31 heavy (non-hydrogen) atoms. The number of carbonyl (C=O) groups is 5. The van der Waals surface area contributed by atoms with Gasteiger partial charge in [-0.25, -0.2) is 4.79 Å². The van der Waals surface area contributed by atoms with E-state index < -0.39 is 54.3 Å². The highest BCUT2D eigenvalue weighted by molar-refractivity contribution is 5.92. The van der Waals surface area contributed by atoms with Crippen molar-refractivity contribution in [1.29, 1.82) is 0 Å². The molecule has 0 saturated heterocycles. The Morgan fingerprint density at radius 3 is 2.13 bits per heavy atom. The maximum atomic E-state index is 12.5. The molecular formula is C19H35N5O7. The quantitative estimate of drug-likeness (QED) is 0.138. The lowest BCUT2D eigenvalue weighted by Gasteiger charge is -2.25. The van der Waals surface area contributed by atoms with Crippen molar-refractivity contribution in [3.63, 3.8) is 0 Å². The molecule has 0 heterocycles. The first-order chi connectivity index (χ1) is 14.5. The Balaban J connectivity index is 4.82. The molecule has 4 unspecified atom stereocenters. The van der Waals surface area contributed by atoms with Gasteiger partial charge in [-0.1, -0.05) is 20.3 Å². The first-order valence-electron chi connectivity index (χ1n) is 10.3. The molecule has 0 spiro atoms. The second-order valence-electron chi connectivity index (χ2n) is 7.37. The third kappa shape index (κ3) is 11.9. The number of carbonyl (C=O) groups excluding carboxylic acids is 3. The third-order valence-corrected chi connectivity index (χ3v) is 4.80. The van der Waals surface area contributed by atoms with Crippen molar-refractivity contribution in [1.82, 2.24) is 16.0 Å². The molecule has 0 aliphatic carbocycles. The van der Waals surface area contributed by atoms with Crippen LogP contribution >= 0.6 is 0 Å². The summed E-state index contributed by atoms with van der Waals surface area (Å²) in [5.41, 5.74) is 11.1. The molecule has 0 radical (unpaired) electrons. The number of carboxylic acid groups (broad SMARTS) is 2. The lowest BCUT2D eigenvalue weighted by Crippen LogP contribution is -2.55. The molecule has 0 aliphatic rings. The number of nitrogens with two attached hydrogens (primary N) is 2. The number of carboxylic acids is 2. The summed E-state index contributed by atoms with van der Waals surface area (Å²) in [5.74, 6) is -4.54. The van der Waals surface area contributed by atoms with Crippen molar-refractivity contribution < 1.29 is 34.2 Å². The lowest BCUT2D eigenvalue weighted by atomic mass is 9.97. The predicted octanol–water partition coefficient (Wildman–Crippen LogP) is -1.48. The molecule has 0 aromatic heterocycles. The maximum Gasteiger partial charge on any atom is 0.326 e. The van der Waals surface area contributed by atoms with Gasteiger partial charge in [0.2, 0.25) is 17.7 Å². The molecule has 0 rings (SSSR count). The van der Waals surface area contributed by atoms with E-state index in [0.29, 0.717) is 25.8 Å². The van der Waals surface area contributed by atoms with Gasteiger partial charge in [-0.3, -0.25) is 19.2 Å². The molecule has 3 amide bonds. The highest BCUT2D eigenvalue weighted by atomic mass is 16.4. The molecule has 12 heteroatoms. The highest BCUT2D eigenvalue weighted by Gasteiger charge is 2.28. The summed E-state index contributed by atoms with van der Waals surface area (Å²) in [7, 11) is 0. The monoisotopic (exact) mass is 445 g/mol. The largest absolute Gasteiger partial charge is 0.481 e. The van der Waals surface area contributed by atoms with Crippen LogP contribution in [0.3, 0.4) is 0 Å². The minimum atomic E-state index is -1.18. The number of unbranched alkanes of at least 4 members (excludes halogenated alkanes) is 1. The van der Waals surface area contributed by atoms with E-state index >= 15 is 0 Å². The van der Waals surface area contributed by atoms with Crippen LogP contribution in [0.1, 0.15) is 52.4 Å². The van der Waals surface area contributed by atoms with Crippen molar-refractivity contribution in [3.05, 3.63) is 0 Å². The number of amides is 3. The van der Waals surface area contributed by atoms with E-state index in [2.05, 4.69) is 16.0 Å². The molecule has 12 nitrogen and oxygen atoms in total. The normalized spacial score (nSPS) is 14.6. The fourth-order valence-electron chi connectivity index (χ4n) is 2.65. The number of hydrogen-bond donors (Lipinski definition) is 7. The summed E-state index contributed by atoms with van der Waals surface area (Å²) in [4.78, 5) is 58.7. The number of aliphatic carboxylic acids is 2. The van der Waals surface area contributed by atoms with Gasteiger partial charge in [-0.05, 0) is 38.1 Å². The zero-order valence-corrected chi connectivity index (χ0v) is 18.1. The minimum Gasteiger partial charge on any atom is -0.481 e. The Labute approximate surface area is 181 Å². The summed E-state index contributed by atoms with van der Waals surface area (Å²) in [6.07, 6.45) is 1.54. The van der Waals surface area contributed by atoms with Crippen LogP contribution < -0.4 is 27.4 Å². The minimum absolute atomic E-state index is 0.0842. The van der Waals surface area contributed by atoms with Gasteiger partial charge in [-0.2, -0.15) is 0 Å². The fraction of sp³-hybridized carbons (Fsp3) is 0.737. The van der Waals surface area contributed by atoms with Crippen LogP contribution in [0.15, 0.2) is 0 Å². The molecule has 0 bridgehead atoms. The smallest absolute Gasteiger partial charge is 0.326 e. The molecule has 0 saturated carbocycles. The van der Waals surface area contributed by atoms with Gasteiger partial charge in [0.15, 0.2) is 0 Å². The van der Waals surface area contributed by atoms with Crippen LogP contribution in [0.5, 0.6) is 0 Å². The Bertz CT molecular complexity index is 629. The first kappa shape index (κ1) is 28.3. The Morgan fingerprint density at radius 1 is 0.968 bits per heavy atom. The molecule has 178 valence electrons. The lowest BCUT2D eigenvalue weighted by molar-refractivity contribution is -0.142. The van der Waals surface area contributed by atoms with Crippen LogP contribution in [0.4, 0.5) is 0 Å². The summed E-state index contributed by atoms with van der Waals surface area (Å²) in [5, 5.41) is 25.1. The van der Waals surface area contributed by atoms with Gasteiger partial charge in [0.25, 0.3) is 0 Å². The number of hydrogen-bond acceptors (Lipinski definition) is 7. The van der Waals surface area contributed by atoms with E-state index in [1.165, 1.54) is 0 Å².